The monoisotopic (exact) mass is 528 g/mol. The zero-order valence-corrected chi connectivity index (χ0v) is 22.9. The fourth-order valence-electron chi connectivity index (χ4n) is 4.40. The van der Waals surface area contributed by atoms with Gasteiger partial charge in [-0.05, 0) is 91.5 Å². The summed E-state index contributed by atoms with van der Waals surface area (Å²) in [4.78, 5) is 26.3. The van der Waals surface area contributed by atoms with Crippen LogP contribution in [-0.2, 0) is 28.8 Å². The van der Waals surface area contributed by atoms with Crippen molar-refractivity contribution in [3.63, 3.8) is 0 Å². The van der Waals surface area contributed by atoms with E-state index < -0.39 is 12.1 Å². The molecular formula is C29H40N2O5S. The first-order valence-corrected chi connectivity index (χ1v) is 14.5. The van der Waals surface area contributed by atoms with E-state index in [-0.39, 0.29) is 6.03 Å². The van der Waals surface area contributed by atoms with E-state index in [1.807, 2.05) is 47.0 Å². The van der Waals surface area contributed by atoms with Crippen molar-refractivity contribution < 1.29 is 24.2 Å². The number of carboxylic acids is 1. The average Bonchev–Trinajstić information content (AvgIpc) is 3.36. The quantitative estimate of drug-likeness (QED) is 0.274. The van der Waals surface area contributed by atoms with Crippen LogP contribution in [0.1, 0.15) is 49.8 Å². The van der Waals surface area contributed by atoms with Crippen molar-refractivity contribution in [3.8, 4) is 5.75 Å². The summed E-state index contributed by atoms with van der Waals surface area (Å²) in [6.45, 7) is 5.83. The van der Waals surface area contributed by atoms with Gasteiger partial charge in [0.1, 0.15) is 12.4 Å². The number of anilines is 1. The smallest absolute Gasteiger partial charge is 0.333 e. The molecule has 0 bridgehead atoms. The first-order valence-electron chi connectivity index (χ1n) is 13.3. The molecule has 1 aliphatic carbocycles. The van der Waals surface area contributed by atoms with Crippen molar-refractivity contribution in [2.24, 2.45) is 0 Å². The normalized spacial score (nSPS) is 13.1. The maximum absolute atomic E-state index is 13.1. The number of rotatable bonds is 16. The van der Waals surface area contributed by atoms with Crippen molar-refractivity contribution in [2.75, 3.05) is 43.1 Å². The molecule has 0 radical (unpaired) electrons. The van der Waals surface area contributed by atoms with Crippen LogP contribution in [0, 0.1) is 0 Å². The molecule has 1 aliphatic rings. The van der Waals surface area contributed by atoms with Crippen LogP contribution >= 0.6 is 11.8 Å². The molecule has 2 N–H and O–H groups in total. The summed E-state index contributed by atoms with van der Waals surface area (Å²) in [5, 5.41) is 12.4. The lowest BCUT2D eigenvalue weighted by Crippen LogP contribution is -2.38. The number of aliphatic carboxylic acids is 1. The zero-order valence-electron chi connectivity index (χ0n) is 22.0. The Morgan fingerprint density at radius 1 is 1.05 bits per heavy atom. The Bertz CT molecular complexity index is 998. The third-order valence-electron chi connectivity index (χ3n) is 6.32. The minimum absolute atomic E-state index is 0.104. The van der Waals surface area contributed by atoms with Crippen molar-refractivity contribution in [2.45, 2.75) is 58.5 Å². The van der Waals surface area contributed by atoms with E-state index in [4.69, 9.17) is 9.47 Å². The lowest BCUT2D eigenvalue weighted by atomic mass is 10.1. The summed E-state index contributed by atoms with van der Waals surface area (Å²) < 4.78 is 11.2. The molecule has 202 valence electrons. The number of benzene rings is 2. The van der Waals surface area contributed by atoms with E-state index in [0.717, 1.165) is 48.4 Å². The number of hydrogen-bond donors (Lipinski definition) is 2. The molecule has 1 atom stereocenters. The SMILES string of the molecule is CCCSCCCN(CCOc1ccc(CC(OCC)C(=O)O)cc1)C(=O)Nc1ccc2c(c1)CCC2. The largest absolute Gasteiger partial charge is 0.492 e. The van der Waals surface area contributed by atoms with Gasteiger partial charge in [-0.1, -0.05) is 25.1 Å². The Labute approximate surface area is 224 Å². The minimum Gasteiger partial charge on any atom is -0.492 e. The Morgan fingerprint density at radius 2 is 1.84 bits per heavy atom. The van der Waals surface area contributed by atoms with E-state index in [0.29, 0.717) is 38.5 Å². The van der Waals surface area contributed by atoms with Crippen LogP contribution in [0.15, 0.2) is 42.5 Å². The van der Waals surface area contributed by atoms with Crippen LogP contribution in [0.5, 0.6) is 5.75 Å². The van der Waals surface area contributed by atoms with E-state index in [9.17, 15) is 14.7 Å². The number of fused-ring (bicyclic) bond motifs is 1. The fourth-order valence-corrected chi connectivity index (χ4v) is 5.23. The van der Waals surface area contributed by atoms with Crippen LogP contribution in [0.25, 0.3) is 0 Å². The molecule has 0 aliphatic heterocycles. The van der Waals surface area contributed by atoms with E-state index in [1.54, 1.807) is 6.92 Å². The van der Waals surface area contributed by atoms with Crippen LogP contribution in [0.4, 0.5) is 10.5 Å². The molecule has 8 heteroatoms. The molecule has 2 aromatic carbocycles. The number of carboxylic acid groups (broad SMARTS) is 1. The molecule has 0 heterocycles. The number of urea groups is 1. The Balaban J connectivity index is 1.53. The van der Waals surface area contributed by atoms with Crippen molar-refractivity contribution >= 4 is 29.4 Å². The summed E-state index contributed by atoms with van der Waals surface area (Å²) in [5.74, 6) is 1.88. The highest BCUT2D eigenvalue weighted by atomic mass is 32.2. The van der Waals surface area contributed by atoms with Crippen molar-refractivity contribution in [1.29, 1.82) is 0 Å². The molecule has 0 fully saturated rings. The highest BCUT2D eigenvalue weighted by molar-refractivity contribution is 7.99. The molecule has 37 heavy (non-hydrogen) atoms. The Kier molecular flexibility index (Phi) is 12.1. The molecular weight excluding hydrogens is 488 g/mol. The molecule has 0 aromatic heterocycles. The third kappa shape index (κ3) is 9.59. The molecule has 1 unspecified atom stereocenters. The number of carbonyl (C=O) groups is 2. The third-order valence-corrected chi connectivity index (χ3v) is 7.59. The summed E-state index contributed by atoms with van der Waals surface area (Å²) in [6, 6.07) is 13.5. The minimum atomic E-state index is -0.964. The lowest BCUT2D eigenvalue weighted by molar-refractivity contribution is -0.149. The van der Waals surface area contributed by atoms with Gasteiger partial charge in [-0.3, -0.25) is 0 Å². The second-order valence-corrected chi connectivity index (χ2v) is 10.4. The van der Waals surface area contributed by atoms with Crippen LogP contribution in [-0.4, -0.2) is 65.9 Å². The van der Waals surface area contributed by atoms with E-state index >= 15 is 0 Å². The Morgan fingerprint density at radius 3 is 2.57 bits per heavy atom. The predicted octanol–water partition coefficient (Wildman–Crippen LogP) is 5.65. The highest BCUT2D eigenvalue weighted by Crippen LogP contribution is 2.25. The van der Waals surface area contributed by atoms with Gasteiger partial charge in [0.25, 0.3) is 0 Å². The number of nitrogens with zero attached hydrogens (tertiary/aromatic N) is 1. The number of amides is 2. The summed E-state index contributed by atoms with van der Waals surface area (Å²) in [7, 11) is 0. The first-order chi connectivity index (χ1) is 18.0. The molecule has 0 saturated heterocycles. The molecule has 0 saturated carbocycles. The highest BCUT2D eigenvalue weighted by Gasteiger charge is 2.18. The van der Waals surface area contributed by atoms with Gasteiger partial charge in [0.2, 0.25) is 0 Å². The number of ether oxygens (including phenoxy) is 2. The fraction of sp³-hybridized carbons (Fsp3) is 0.517. The van der Waals surface area contributed by atoms with Gasteiger partial charge in [0.15, 0.2) is 6.10 Å². The van der Waals surface area contributed by atoms with Gasteiger partial charge >= 0.3 is 12.0 Å². The summed E-state index contributed by atoms with van der Waals surface area (Å²) in [5.41, 5.74) is 4.44. The number of nitrogens with one attached hydrogen (secondary N) is 1. The summed E-state index contributed by atoms with van der Waals surface area (Å²) in [6.07, 6.45) is 4.91. The van der Waals surface area contributed by atoms with Crippen LogP contribution < -0.4 is 10.1 Å². The topological polar surface area (TPSA) is 88.1 Å². The number of thioether (sulfide) groups is 1. The maximum atomic E-state index is 13.1. The second kappa shape index (κ2) is 15.5. The lowest BCUT2D eigenvalue weighted by Gasteiger charge is -2.23. The van der Waals surface area contributed by atoms with E-state index in [2.05, 4.69) is 24.4 Å². The average molecular weight is 529 g/mol. The Hall–Kier alpha value is -2.71. The van der Waals surface area contributed by atoms with Crippen molar-refractivity contribution in [3.05, 3.63) is 59.2 Å². The second-order valence-electron chi connectivity index (χ2n) is 9.20. The molecule has 2 aromatic rings. The molecule has 2 amide bonds. The van der Waals surface area contributed by atoms with Gasteiger partial charge in [0.05, 0.1) is 6.54 Å². The zero-order chi connectivity index (χ0) is 26.5. The van der Waals surface area contributed by atoms with Gasteiger partial charge < -0.3 is 24.8 Å². The standard InChI is InChI=1S/C29H40N2O5S/c1-3-18-37-19-6-15-31(29(34)30-25-12-11-23-7-5-8-24(23)21-25)16-17-36-26-13-9-22(10-14-26)20-27(28(32)33)35-4-2/h9-14,21,27H,3-8,15-20H2,1-2H3,(H,30,34)(H,32,33). The maximum Gasteiger partial charge on any atom is 0.333 e. The number of aryl methyl sites for hydroxylation is 2. The van der Waals surface area contributed by atoms with Crippen LogP contribution in [0.2, 0.25) is 0 Å². The van der Waals surface area contributed by atoms with Gasteiger partial charge in [-0.25, -0.2) is 9.59 Å². The number of hydrogen-bond acceptors (Lipinski definition) is 5. The van der Waals surface area contributed by atoms with Crippen LogP contribution in [0.3, 0.4) is 0 Å². The van der Waals surface area contributed by atoms with E-state index in [1.165, 1.54) is 17.5 Å². The number of carbonyl (C=O) groups excluding carboxylic acids is 1. The van der Waals surface area contributed by atoms with Gasteiger partial charge in [-0.15, -0.1) is 0 Å². The summed E-state index contributed by atoms with van der Waals surface area (Å²) >= 11 is 1.92. The van der Waals surface area contributed by atoms with Crippen molar-refractivity contribution in [1.82, 2.24) is 4.90 Å². The molecule has 3 rings (SSSR count). The molecule has 0 spiro atoms. The van der Waals surface area contributed by atoms with Gasteiger partial charge in [0, 0.05) is 25.3 Å². The molecule has 7 nitrogen and oxygen atoms in total. The first kappa shape index (κ1) is 28.9. The predicted molar refractivity (Wildman–Crippen MR) is 150 cm³/mol. The van der Waals surface area contributed by atoms with Gasteiger partial charge in [-0.2, -0.15) is 11.8 Å².